The van der Waals surface area contributed by atoms with Crippen LogP contribution in [0.2, 0.25) is 0 Å². The van der Waals surface area contributed by atoms with Gasteiger partial charge in [0.2, 0.25) is 5.89 Å². The molecule has 0 aliphatic rings. The minimum absolute atomic E-state index is 0.0171. The molecule has 0 radical (unpaired) electrons. The first-order valence-electron chi connectivity index (χ1n) is 6.73. The molecule has 0 fully saturated rings. The normalized spacial score (nSPS) is 11.5. The summed E-state index contributed by atoms with van der Waals surface area (Å²) in [5.41, 5.74) is 0.647. The number of ether oxygens (including phenoxy) is 2. The average Bonchev–Trinajstić information content (AvgIpc) is 2.92. The van der Waals surface area contributed by atoms with E-state index in [1.807, 2.05) is 18.2 Å². The first kappa shape index (κ1) is 15.3. The predicted octanol–water partition coefficient (Wildman–Crippen LogP) is 2.64. The first-order chi connectivity index (χ1) is 9.94. The Morgan fingerprint density at radius 2 is 1.71 bits per heavy atom. The standard InChI is InChI=1S/C15H21N3O3/c1-15(2,3)16-9-12-17-18-14(21-12)13-10(19-4)7-6-8-11(13)20-5/h6-8,16H,9H2,1-5H3. The lowest BCUT2D eigenvalue weighted by Crippen LogP contribution is -2.35. The Hall–Kier alpha value is -2.08. The quantitative estimate of drug-likeness (QED) is 0.913. The van der Waals surface area contributed by atoms with E-state index in [2.05, 4.69) is 36.3 Å². The molecule has 0 atom stereocenters. The van der Waals surface area contributed by atoms with Crippen LogP contribution in [0.1, 0.15) is 26.7 Å². The number of benzene rings is 1. The Balaban J connectivity index is 2.29. The third-order valence-corrected chi connectivity index (χ3v) is 2.88. The van der Waals surface area contributed by atoms with E-state index in [1.54, 1.807) is 14.2 Å². The second-order valence-corrected chi connectivity index (χ2v) is 5.64. The number of nitrogens with zero attached hydrogens (tertiary/aromatic N) is 2. The lowest BCUT2D eigenvalue weighted by Gasteiger charge is -2.18. The minimum Gasteiger partial charge on any atom is -0.496 e. The van der Waals surface area contributed by atoms with Crippen molar-refractivity contribution in [3.8, 4) is 23.0 Å². The molecule has 2 rings (SSSR count). The van der Waals surface area contributed by atoms with Crippen molar-refractivity contribution >= 4 is 0 Å². The molecule has 1 heterocycles. The van der Waals surface area contributed by atoms with Crippen LogP contribution in [0.4, 0.5) is 0 Å². The Morgan fingerprint density at radius 1 is 1.10 bits per heavy atom. The van der Waals surface area contributed by atoms with E-state index in [-0.39, 0.29) is 5.54 Å². The minimum atomic E-state index is -0.0171. The summed E-state index contributed by atoms with van der Waals surface area (Å²) in [5.74, 6) is 2.17. The van der Waals surface area contributed by atoms with E-state index < -0.39 is 0 Å². The van der Waals surface area contributed by atoms with E-state index in [9.17, 15) is 0 Å². The number of methoxy groups -OCH3 is 2. The first-order valence-corrected chi connectivity index (χ1v) is 6.73. The topological polar surface area (TPSA) is 69.4 Å². The third-order valence-electron chi connectivity index (χ3n) is 2.88. The summed E-state index contributed by atoms with van der Waals surface area (Å²) in [5, 5.41) is 11.4. The van der Waals surface area contributed by atoms with Gasteiger partial charge in [0, 0.05) is 5.54 Å². The molecule has 0 saturated heterocycles. The fraction of sp³-hybridized carbons (Fsp3) is 0.467. The summed E-state index contributed by atoms with van der Waals surface area (Å²) in [6.07, 6.45) is 0. The summed E-state index contributed by atoms with van der Waals surface area (Å²) in [6, 6.07) is 5.50. The summed E-state index contributed by atoms with van der Waals surface area (Å²) in [4.78, 5) is 0. The van der Waals surface area contributed by atoms with Crippen molar-refractivity contribution in [2.45, 2.75) is 32.9 Å². The van der Waals surface area contributed by atoms with E-state index in [0.717, 1.165) is 0 Å². The number of aromatic nitrogens is 2. The zero-order chi connectivity index (χ0) is 15.5. The second-order valence-electron chi connectivity index (χ2n) is 5.64. The van der Waals surface area contributed by atoms with Crippen molar-refractivity contribution < 1.29 is 13.9 Å². The van der Waals surface area contributed by atoms with Gasteiger partial charge in [0.25, 0.3) is 5.89 Å². The summed E-state index contributed by atoms with van der Waals surface area (Å²) in [7, 11) is 3.19. The van der Waals surface area contributed by atoms with Crippen LogP contribution in [-0.2, 0) is 6.54 Å². The van der Waals surface area contributed by atoms with Crippen LogP contribution >= 0.6 is 0 Å². The van der Waals surface area contributed by atoms with Crippen molar-refractivity contribution in [1.29, 1.82) is 0 Å². The maximum Gasteiger partial charge on any atom is 0.255 e. The number of hydrogen-bond donors (Lipinski definition) is 1. The van der Waals surface area contributed by atoms with Gasteiger partial charge in [-0.25, -0.2) is 0 Å². The fourth-order valence-electron chi connectivity index (χ4n) is 1.83. The molecular formula is C15H21N3O3. The van der Waals surface area contributed by atoms with Crippen molar-refractivity contribution in [3.05, 3.63) is 24.1 Å². The highest BCUT2D eigenvalue weighted by Gasteiger charge is 2.19. The molecule has 6 heteroatoms. The molecule has 0 bridgehead atoms. The van der Waals surface area contributed by atoms with Gasteiger partial charge < -0.3 is 19.2 Å². The molecule has 0 aliphatic carbocycles. The second kappa shape index (κ2) is 6.13. The van der Waals surface area contributed by atoms with E-state index in [0.29, 0.717) is 35.4 Å². The highest BCUT2D eigenvalue weighted by molar-refractivity contribution is 5.70. The molecule has 114 valence electrons. The summed E-state index contributed by atoms with van der Waals surface area (Å²) < 4.78 is 16.4. The van der Waals surface area contributed by atoms with Gasteiger partial charge in [-0.05, 0) is 32.9 Å². The summed E-state index contributed by atoms with van der Waals surface area (Å²) in [6.45, 7) is 6.74. The number of rotatable bonds is 5. The molecule has 0 unspecified atom stereocenters. The van der Waals surface area contributed by atoms with Crippen molar-refractivity contribution in [1.82, 2.24) is 15.5 Å². The van der Waals surface area contributed by atoms with Gasteiger partial charge in [0.1, 0.15) is 17.1 Å². The average molecular weight is 291 g/mol. The molecule has 6 nitrogen and oxygen atoms in total. The van der Waals surface area contributed by atoms with Crippen LogP contribution in [0, 0.1) is 0 Å². The van der Waals surface area contributed by atoms with E-state index >= 15 is 0 Å². The molecule has 2 aromatic rings. The van der Waals surface area contributed by atoms with Crippen molar-refractivity contribution in [3.63, 3.8) is 0 Å². The van der Waals surface area contributed by atoms with Gasteiger partial charge in [-0.2, -0.15) is 0 Å². The molecule has 21 heavy (non-hydrogen) atoms. The molecule has 0 spiro atoms. The maximum atomic E-state index is 5.71. The van der Waals surface area contributed by atoms with E-state index in [1.165, 1.54) is 0 Å². The molecule has 1 N–H and O–H groups in total. The van der Waals surface area contributed by atoms with Gasteiger partial charge in [-0.3, -0.25) is 0 Å². The van der Waals surface area contributed by atoms with Gasteiger partial charge in [-0.15, -0.1) is 10.2 Å². The van der Waals surface area contributed by atoms with Gasteiger partial charge in [0.15, 0.2) is 0 Å². The van der Waals surface area contributed by atoms with Crippen LogP contribution in [0.3, 0.4) is 0 Å². The van der Waals surface area contributed by atoms with Gasteiger partial charge >= 0.3 is 0 Å². The van der Waals surface area contributed by atoms with Crippen molar-refractivity contribution in [2.24, 2.45) is 0 Å². The van der Waals surface area contributed by atoms with Crippen LogP contribution in [0.25, 0.3) is 11.5 Å². The third kappa shape index (κ3) is 3.72. The van der Waals surface area contributed by atoms with Crippen LogP contribution < -0.4 is 14.8 Å². The zero-order valence-electron chi connectivity index (χ0n) is 13.1. The lowest BCUT2D eigenvalue weighted by atomic mass is 10.1. The molecule has 1 aromatic heterocycles. The molecule has 0 aliphatic heterocycles. The van der Waals surface area contributed by atoms with Gasteiger partial charge in [0.05, 0.1) is 20.8 Å². The Labute approximate surface area is 124 Å². The largest absolute Gasteiger partial charge is 0.496 e. The van der Waals surface area contributed by atoms with Crippen LogP contribution in [0.15, 0.2) is 22.6 Å². The molecule has 0 saturated carbocycles. The molecule has 0 amide bonds. The molecule has 1 aromatic carbocycles. The fourth-order valence-corrected chi connectivity index (χ4v) is 1.83. The van der Waals surface area contributed by atoms with Crippen molar-refractivity contribution in [2.75, 3.05) is 14.2 Å². The highest BCUT2D eigenvalue weighted by atomic mass is 16.5. The predicted molar refractivity (Wildman–Crippen MR) is 79.4 cm³/mol. The zero-order valence-corrected chi connectivity index (χ0v) is 13.1. The smallest absolute Gasteiger partial charge is 0.255 e. The molecular weight excluding hydrogens is 270 g/mol. The monoisotopic (exact) mass is 291 g/mol. The van der Waals surface area contributed by atoms with Crippen LogP contribution in [0.5, 0.6) is 11.5 Å². The SMILES string of the molecule is COc1cccc(OC)c1-c1nnc(CNC(C)(C)C)o1. The Morgan fingerprint density at radius 3 is 2.24 bits per heavy atom. The Kier molecular flexibility index (Phi) is 4.47. The number of nitrogens with one attached hydrogen (secondary N) is 1. The lowest BCUT2D eigenvalue weighted by molar-refractivity contribution is 0.378. The number of hydrogen-bond acceptors (Lipinski definition) is 6. The van der Waals surface area contributed by atoms with Gasteiger partial charge in [-0.1, -0.05) is 6.07 Å². The van der Waals surface area contributed by atoms with E-state index in [4.69, 9.17) is 13.9 Å². The summed E-state index contributed by atoms with van der Waals surface area (Å²) >= 11 is 0. The Bertz CT molecular complexity index is 580. The highest BCUT2D eigenvalue weighted by Crippen LogP contribution is 2.37. The van der Waals surface area contributed by atoms with Crippen LogP contribution in [-0.4, -0.2) is 30.0 Å². The maximum absolute atomic E-state index is 5.71.